The summed E-state index contributed by atoms with van der Waals surface area (Å²) >= 11 is 0. The van der Waals surface area contributed by atoms with E-state index in [1.54, 1.807) is 6.20 Å². The number of benzene rings is 2. The van der Waals surface area contributed by atoms with Crippen LogP contribution in [0.25, 0.3) is 0 Å². The van der Waals surface area contributed by atoms with Gasteiger partial charge in [0.2, 0.25) is 5.88 Å². The van der Waals surface area contributed by atoms with Crippen molar-refractivity contribution >= 4 is 35.6 Å². The standard InChI is InChI=1S/C23H26N4O2.HI/c1-3-15-28-20-8-4-5-9-21(20)29-22-18(7-6-14-25-22)16-26-23(24)27-19-12-10-17(2)11-13-19;/h4-14H,3,15-16H2,1-2H3,(H3,24,26,27);1H. The summed E-state index contributed by atoms with van der Waals surface area (Å²) in [6, 6.07) is 19.3. The van der Waals surface area contributed by atoms with Crippen molar-refractivity contribution in [3.05, 3.63) is 78.0 Å². The molecule has 0 amide bonds. The third-order valence-corrected chi connectivity index (χ3v) is 4.11. The minimum Gasteiger partial charge on any atom is -0.490 e. The molecule has 3 rings (SSSR count). The zero-order valence-electron chi connectivity index (χ0n) is 17.2. The summed E-state index contributed by atoms with van der Waals surface area (Å²) in [5.41, 5.74) is 8.93. The molecule has 0 unspecified atom stereocenters. The molecule has 3 N–H and O–H groups in total. The van der Waals surface area contributed by atoms with Crippen molar-refractivity contribution in [1.82, 2.24) is 4.98 Å². The number of aromatic nitrogens is 1. The number of aliphatic imine (C=N–C) groups is 1. The highest BCUT2D eigenvalue weighted by molar-refractivity contribution is 14.0. The van der Waals surface area contributed by atoms with Crippen LogP contribution >= 0.6 is 24.0 Å². The molecule has 1 aromatic heterocycles. The van der Waals surface area contributed by atoms with E-state index in [0.29, 0.717) is 36.5 Å². The average Bonchev–Trinajstić information content (AvgIpc) is 2.74. The van der Waals surface area contributed by atoms with Gasteiger partial charge < -0.3 is 20.5 Å². The van der Waals surface area contributed by atoms with E-state index in [9.17, 15) is 0 Å². The molecule has 0 aliphatic rings. The number of nitrogens with zero attached hydrogens (tertiary/aromatic N) is 2. The Balaban J connectivity index is 0.00000320. The summed E-state index contributed by atoms with van der Waals surface area (Å²) in [6.07, 6.45) is 2.61. The molecule has 0 saturated carbocycles. The molecule has 0 fully saturated rings. The first-order valence-electron chi connectivity index (χ1n) is 9.63. The Bertz CT molecular complexity index is 961. The van der Waals surface area contributed by atoms with Crippen molar-refractivity contribution in [3.63, 3.8) is 0 Å². The topological polar surface area (TPSA) is 81.8 Å². The van der Waals surface area contributed by atoms with Crippen LogP contribution in [0.4, 0.5) is 5.69 Å². The van der Waals surface area contributed by atoms with E-state index in [1.807, 2.05) is 67.6 Å². The van der Waals surface area contributed by atoms with Crippen LogP contribution in [-0.4, -0.2) is 17.6 Å². The Kier molecular flexibility index (Phi) is 9.40. The third-order valence-electron chi connectivity index (χ3n) is 4.11. The Labute approximate surface area is 194 Å². The molecular formula is C23H27IN4O2. The molecular weight excluding hydrogens is 491 g/mol. The van der Waals surface area contributed by atoms with E-state index in [2.05, 4.69) is 22.2 Å². The number of nitrogens with two attached hydrogens (primary N) is 1. The second-order valence-electron chi connectivity index (χ2n) is 6.56. The number of aryl methyl sites for hydroxylation is 1. The first-order chi connectivity index (χ1) is 14.2. The average molecular weight is 518 g/mol. The van der Waals surface area contributed by atoms with Crippen LogP contribution in [-0.2, 0) is 6.54 Å². The van der Waals surface area contributed by atoms with E-state index >= 15 is 0 Å². The lowest BCUT2D eigenvalue weighted by molar-refractivity contribution is 0.300. The summed E-state index contributed by atoms with van der Waals surface area (Å²) in [6.45, 7) is 5.07. The first kappa shape index (κ1) is 23.5. The smallest absolute Gasteiger partial charge is 0.224 e. The van der Waals surface area contributed by atoms with Gasteiger partial charge in [-0.1, -0.05) is 42.8 Å². The summed E-state index contributed by atoms with van der Waals surface area (Å²) in [7, 11) is 0. The maximum absolute atomic E-state index is 6.03. The molecule has 2 aromatic carbocycles. The van der Waals surface area contributed by atoms with Gasteiger partial charge >= 0.3 is 0 Å². The molecule has 3 aromatic rings. The summed E-state index contributed by atoms with van der Waals surface area (Å²) in [4.78, 5) is 8.78. The van der Waals surface area contributed by atoms with Crippen LogP contribution in [0.15, 0.2) is 71.9 Å². The van der Waals surface area contributed by atoms with Crippen LogP contribution in [0.1, 0.15) is 24.5 Å². The number of halogens is 1. The number of hydrogen-bond donors (Lipinski definition) is 2. The van der Waals surface area contributed by atoms with Crippen molar-refractivity contribution in [2.75, 3.05) is 11.9 Å². The fourth-order valence-corrected chi connectivity index (χ4v) is 2.60. The van der Waals surface area contributed by atoms with Crippen LogP contribution < -0.4 is 20.5 Å². The van der Waals surface area contributed by atoms with Crippen LogP contribution in [0, 0.1) is 6.92 Å². The molecule has 30 heavy (non-hydrogen) atoms. The van der Waals surface area contributed by atoms with Crippen LogP contribution in [0.3, 0.4) is 0 Å². The molecule has 0 aliphatic carbocycles. The SMILES string of the molecule is CCCOc1ccccc1Oc1ncccc1CN=C(N)Nc1ccc(C)cc1.I. The van der Waals surface area contributed by atoms with Gasteiger partial charge in [-0.2, -0.15) is 0 Å². The molecule has 0 spiro atoms. The van der Waals surface area contributed by atoms with Gasteiger partial charge in [-0.3, -0.25) is 0 Å². The van der Waals surface area contributed by atoms with Gasteiger partial charge in [-0.15, -0.1) is 24.0 Å². The molecule has 0 bridgehead atoms. The minimum atomic E-state index is 0. The second kappa shape index (κ2) is 12.0. The van der Waals surface area contributed by atoms with Crippen molar-refractivity contribution in [1.29, 1.82) is 0 Å². The number of anilines is 1. The largest absolute Gasteiger partial charge is 0.490 e. The maximum atomic E-state index is 6.03. The molecule has 6 nitrogen and oxygen atoms in total. The lowest BCUT2D eigenvalue weighted by Gasteiger charge is -2.13. The summed E-state index contributed by atoms with van der Waals surface area (Å²) < 4.78 is 11.8. The van der Waals surface area contributed by atoms with Gasteiger partial charge in [-0.25, -0.2) is 9.98 Å². The third kappa shape index (κ3) is 6.91. The number of ether oxygens (including phenoxy) is 2. The molecule has 158 valence electrons. The molecule has 0 saturated heterocycles. The normalized spacial score (nSPS) is 10.8. The number of guanidine groups is 1. The molecule has 0 aliphatic heterocycles. The Morgan fingerprint density at radius 3 is 2.50 bits per heavy atom. The van der Waals surface area contributed by atoms with Crippen molar-refractivity contribution in [3.8, 4) is 17.4 Å². The highest BCUT2D eigenvalue weighted by atomic mass is 127. The number of rotatable bonds is 8. The van der Waals surface area contributed by atoms with E-state index in [-0.39, 0.29) is 24.0 Å². The molecule has 1 heterocycles. The fraction of sp³-hybridized carbons (Fsp3) is 0.217. The Morgan fingerprint density at radius 1 is 1.03 bits per heavy atom. The predicted octanol–water partition coefficient (Wildman–Crippen LogP) is 5.52. The minimum absolute atomic E-state index is 0. The number of para-hydroxylation sites is 2. The van der Waals surface area contributed by atoms with Gasteiger partial charge in [0.15, 0.2) is 17.5 Å². The van der Waals surface area contributed by atoms with Crippen molar-refractivity contribution in [2.45, 2.75) is 26.8 Å². The van der Waals surface area contributed by atoms with E-state index in [4.69, 9.17) is 15.2 Å². The second-order valence-corrected chi connectivity index (χ2v) is 6.56. The highest BCUT2D eigenvalue weighted by Crippen LogP contribution is 2.32. The van der Waals surface area contributed by atoms with Gasteiger partial charge in [0, 0.05) is 17.4 Å². The van der Waals surface area contributed by atoms with E-state index in [0.717, 1.165) is 17.7 Å². The van der Waals surface area contributed by atoms with Crippen LogP contribution in [0.2, 0.25) is 0 Å². The zero-order chi connectivity index (χ0) is 20.5. The van der Waals surface area contributed by atoms with Crippen LogP contribution in [0.5, 0.6) is 17.4 Å². The molecule has 7 heteroatoms. The van der Waals surface area contributed by atoms with E-state index < -0.39 is 0 Å². The lowest BCUT2D eigenvalue weighted by atomic mass is 10.2. The van der Waals surface area contributed by atoms with Gasteiger partial charge in [0.1, 0.15) is 0 Å². The predicted molar refractivity (Wildman–Crippen MR) is 132 cm³/mol. The monoisotopic (exact) mass is 518 g/mol. The van der Waals surface area contributed by atoms with Gasteiger partial charge in [-0.05, 0) is 43.7 Å². The van der Waals surface area contributed by atoms with Gasteiger partial charge in [0.25, 0.3) is 0 Å². The Hall–Kier alpha value is -2.81. The summed E-state index contributed by atoms with van der Waals surface area (Å²) in [5.74, 6) is 2.12. The zero-order valence-corrected chi connectivity index (χ0v) is 19.5. The van der Waals surface area contributed by atoms with Gasteiger partial charge in [0.05, 0.1) is 13.2 Å². The summed E-state index contributed by atoms with van der Waals surface area (Å²) in [5, 5.41) is 3.09. The highest BCUT2D eigenvalue weighted by Gasteiger charge is 2.10. The van der Waals surface area contributed by atoms with Crippen molar-refractivity contribution in [2.24, 2.45) is 10.7 Å². The molecule has 0 atom stereocenters. The lowest BCUT2D eigenvalue weighted by Crippen LogP contribution is -2.22. The maximum Gasteiger partial charge on any atom is 0.224 e. The van der Waals surface area contributed by atoms with E-state index in [1.165, 1.54) is 5.56 Å². The fourth-order valence-electron chi connectivity index (χ4n) is 2.60. The quantitative estimate of drug-likeness (QED) is 0.233. The van der Waals surface area contributed by atoms with Crippen molar-refractivity contribution < 1.29 is 9.47 Å². The number of pyridine rings is 1. The number of nitrogens with one attached hydrogen (secondary N) is 1. The Morgan fingerprint density at radius 2 is 1.77 bits per heavy atom. The number of hydrogen-bond acceptors (Lipinski definition) is 4. The molecule has 0 radical (unpaired) electrons. The first-order valence-corrected chi connectivity index (χ1v) is 9.63.